The van der Waals surface area contributed by atoms with Crippen LogP contribution in [0.25, 0.3) is 0 Å². The summed E-state index contributed by atoms with van der Waals surface area (Å²) < 4.78 is 0. The van der Waals surface area contributed by atoms with Crippen molar-refractivity contribution in [2.24, 2.45) is 0 Å². The fourth-order valence-corrected chi connectivity index (χ4v) is 3.19. The molecule has 2 nitrogen and oxygen atoms in total. The molecule has 1 heterocycles. The van der Waals surface area contributed by atoms with Gasteiger partial charge in [0.2, 0.25) is 0 Å². The molecule has 0 aromatic carbocycles. The Balaban J connectivity index is 2.03. The fraction of sp³-hybridized carbons (Fsp3) is 1.00. The zero-order valence-electron chi connectivity index (χ0n) is 10.6. The van der Waals surface area contributed by atoms with Gasteiger partial charge in [0.25, 0.3) is 0 Å². The summed E-state index contributed by atoms with van der Waals surface area (Å²) in [6.45, 7) is 9.41. The first-order valence-electron chi connectivity index (χ1n) is 6.63. The number of nitrogens with zero attached hydrogens (tertiary/aromatic N) is 1. The molecule has 1 atom stereocenters. The van der Waals surface area contributed by atoms with Gasteiger partial charge in [-0.3, -0.25) is 4.90 Å². The Morgan fingerprint density at radius 2 is 1.93 bits per heavy atom. The van der Waals surface area contributed by atoms with E-state index in [4.69, 9.17) is 0 Å². The van der Waals surface area contributed by atoms with Crippen LogP contribution in [0.1, 0.15) is 52.9 Å². The van der Waals surface area contributed by atoms with Crippen LogP contribution in [0.15, 0.2) is 0 Å². The number of rotatable bonds is 2. The van der Waals surface area contributed by atoms with Gasteiger partial charge in [-0.15, -0.1) is 0 Å². The van der Waals surface area contributed by atoms with Gasteiger partial charge in [-0.2, -0.15) is 0 Å². The van der Waals surface area contributed by atoms with Crippen molar-refractivity contribution < 1.29 is 0 Å². The SMILES string of the molecule is CCC1CNC(C)(C)CN1C1CCCC1. The highest BCUT2D eigenvalue weighted by Crippen LogP contribution is 2.29. The summed E-state index contributed by atoms with van der Waals surface area (Å²) >= 11 is 0. The highest BCUT2D eigenvalue weighted by Gasteiger charge is 2.36. The van der Waals surface area contributed by atoms with Crippen LogP contribution >= 0.6 is 0 Å². The third-order valence-corrected chi connectivity index (χ3v) is 4.13. The smallest absolute Gasteiger partial charge is 0.0253 e. The summed E-state index contributed by atoms with van der Waals surface area (Å²) in [5.41, 5.74) is 0.314. The molecule has 2 aliphatic rings. The lowest BCUT2D eigenvalue weighted by Crippen LogP contribution is -2.63. The Labute approximate surface area is 94.4 Å². The number of hydrogen-bond donors (Lipinski definition) is 1. The molecule has 2 rings (SSSR count). The number of piperazine rings is 1. The summed E-state index contributed by atoms with van der Waals surface area (Å²) in [7, 11) is 0. The third kappa shape index (κ3) is 2.54. The van der Waals surface area contributed by atoms with Gasteiger partial charge in [0.15, 0.2) is 0 Å². The number of hydrogen-bond acceptors (Lipinski definition) is 2. The molecule has 1 saturated heterocycles. The zero-order valence-corrected chi connectivity index (χ0v) is 10.6. The molecule has 2 heteroatoms. The van der Waals surface area contributed by atoms with Crippen LogP contribution in [0.4, 0.5) is 0 Å². The minimum Gasteiger partial charge on any atom is -0.309 e. The van der Waals surface area contributed by atoms with E-state index in [2.05, 4.69) is 31.0 Å². The molecule has 1 unspecified atom stereocenters. The Morgan fingerprint density at radius 1 is 1.27 bits per heavy atom. The Kier molecular flexibility index (Phi) is 3.36. The van der Waals surface area contributed by atoms with Crippen LogP contribution in [-0.4, -0.2) is 35.6 Å². The summed E-state index contributed by atoms with van der Waals surface area (Å²) in [6.07, 6.45) is 7.07. The first-order chi connectivity index (χ1) is 7.12. The van der Waals surface area contributed by atoms with E-state index >= 15 is 0 Å². The van der Waals surface area contributed by atoms with Crippen LogP contribution in [0, 0.1) is 0 Å². The second kappa shape index (κ2) is 4.42. The molecule has 0 radical (unpaired) electrons. The normalized spacial score (nSPS) is 33.4. The highest BCUT2D eigenvalue weighted by atomic mass is 15.3. The van der Waals surface area contributed by atoms with Gasteiger partial charge >= 0.3 is 0 Å². The second-order valence-electron chi connectivity index (χ2n) is 5.94. The monoisotopic (exact) mass is 210 g/mol. The molecule has 0 amide bonds. The van der Waals surface area contributed by atoms with Crippen LogP contribution in [-0.2, 0) is 0 Å². The Hall–Kier alpha value is -0.0800. The van der Waals surface area contributed by atoms with Gasteiger partial charge in [0.1, 0.15) is 0 Å². The predicted molar refractivity (Wildman–Crippen MR) is 65.1 cm³/mol. The average molecular weight is 210 g/mol. The Morgan fingerprint density at radius 3 is 2.53 bits per heavy atom. The Bertz CT molecular complexity index is 205. The molecular weight excluding hydrogens is 184 g/mol. The van der Waals surface area contributed by atoms with Gasteiger partial charge in [0, 0.05) is 30.7 Å². The maximum Gasteiger partial charge on any atom is 0.0253 e. The van der Waals surface area contributed by atoms with Crippen molar-refractivity contribution in [3.8, 4) is 0 Å². The standard InChI is InChI=1S/C13H26N2/c1-4-11-9-14-13(2,3)10-15(11)12-7-5-6-8-12/h11-12,14H,4-10H2,1-3H3. The van der Waals surface area contributed by atoms with E-state index in [1.165, 1.54) is 45.2 Å². The van der Waals surface area contributed by atoms with Crippen LogP contribution in [0.5, 0.6) is 0 Å². The quantitative estimate of drug-likeness (QED) is 0.753. The maximum atomic E-state index is 3.67. The lowest BCUT2D eigenvalue weighted by Gasteiger charge is -2.47. The van der Waals surface area contributed by atoms with Crippen molar-refractivity contribution >= 4 is 0 Å². The molecule has 1 aliphatic heterocycles. The molecule has 2 fully saturated rings. The molecule has 15 heavy (non-hydrogen) atoms. The van der Waals surface area contributed by atoms with E-state index in [-0.39, 0.29) is 0 Å². The first kappa shape index (κ1) is 11.4. The topological polar surface area (TPSA) is 15.3 Å². The van der Waals surface area contributed by atoms with E-state index in [1.54, 1.807) is 0 Å². The largest absolute Gasteiger partial charge is 0.309 e. The molecule has 88 valence electrons. The molecule has 0 spiro atoms. The zero-order chi connectivity index (χ0) is 10.9. The van der Waals surface area contributed by atoms with Gasteiger partial charge < -0.3 is 5.32 Å². The van der Waals surface area contributed by atoms with Crippen molar-refractivity contribution in [1.82, 2.24) is 10.2 Å². The van der Waals surface area contributed by atoms with Crippen LogP contribution in [0.2, 0.25) is 0 Å². The minimum absolute atomic E-state index is 0.314. The first-order valence-corrected chi connectivity index (χ1v) is 6.63. The van der Waals surface area contributed by atoms with E-state index < -0.39 is 0 Å². The minimum atomic E-state index is 0.314. The molecular formula is C13H26N2. The summed E-state index contributed by atoms with van der Waals surface area (Å²) in [4.78, 5) is 2.80. The van der Waals surface area contributed by atoms with E-state index in [0.29, 0.717) is 5.54 Å². The average Bonchev–Trinajstić information content (AvgIpc) is 2.69. The predicted octanol–water partition coefficient (Wildman–Crippen LogP) is 2.39. The summed E-state index contributed by atoms with van der Waals surface area (Å²) in [6, 6.07) is 1.66. The summed E-state index contributed by atoms with van der Waals surface area (Å²) in [5, 5.41) is 3.67. The lowest BCUT2D eigenvalue weighted by molar-refractivity contribution is 0.0541. The van der Waals surface area contributed by atoms with E-state index in [9.17, 15) is 0 Å². The van der Waals surface area contributed by atoms with E-state index in [0.717, 1.165) is 12.1 Å². The van der Waals surface area contributed by atoms with Gasteiger partial charge in [0.05, 0.1) is 0 Å². The maximum absolute atomic E-state index is 3.67. The summed E-state index contributed by atoms with van der Waals surface area (Å²) in [5.74, 6) is 0. The van der Waals surface area contributed by atoms with Gasteiger partial charge in [-0.05, 0) is 33.1 Å². The van der Waals surface area contributed by atoms with Gasteiger partial charge in [-0.1, -0.05) is 19.8 Å². The molecule has 1 saturated carbocycles. The van der Waals surface area contributed by atoms with Crippen molar-refractivity contribution in [1.29, 1.82) is 0 Å². The second-order valence-corrected chi connectivity index (χ2v) is 5.94. The molecule has 0 aromatic rings. The molecule has 0 bridgehead atoms. The van der Waals surface area contributed by atoms with Gasteiger partial charge in [-0.25, -0.2) is 0 Å². The van der Waals surface area contributed by atoms with Crippen LogP contribution < -0.4 is 5.32 Å². The van der Waals surface area contributed by atoms with Crippen LogP contribution in [0.3, 0.4) is 0 Å². The van der Waals surface area contributed by atoms with Crippen molar-refractivity contribution in [2.75, 3.05) is 13.1 Å². The number of nitrogens with one attached hydrogen (secondary N) is 1. The molecule has 1 N–H and O–H groups in total. The van der Waals surface area contributed by atoms with Crippen molar-refractivity contribution in [3.05, 3.63) is 0 Å². The molecule has 0 aromatic heterocycles. The lowest BCUT2D eigenvalue weighted by atomic mass is 9.95. The fourth-order valence-electron chi connectivity index (χ4n) is 3.19. The van der Waals surface area contributed by atoms with Crippen molar-refractivity contribution in [3.63, 3.8) is 0 Å². The van der Waals surface area contributed by atoms with Crippen molar-refractivity contribution in [2.45, 2.75) is 70.5 Å². The third-order valence-electron chi connectivity index (χ3n) is 4.13. The highest BCUT2D eigenvalue weighted by molar-refractivity contribution is 4.95. The van der Waals surface area contributed by atoms with E-state index in [1.807, 2.05) is 0 Å². The molecule has 1 aliphatic carbocycles.